The third-order valence-electron chi connectivity index (χ3n) is 2.18. The van der Waals surface area contributed by atoms with Gasteiger partial charge in [-0.15, -0.1) is 0 Å². The Morgan fingerprint density at radius 2 is 2.31 bits per heavy atom. The van der Waals surface area contributed by atoms with E-state index in [-0.39, 0.29) is 24.1 Å². The van der Waals surface area contributed by atoms with Gasteiger partial charge in [-0.25, -0.2) is 0 Å². The maximum Gasteiger partial charge on any atom is 0.305 e. The molecule has 1 atom stereocenters. The highest BCUT2D eigenvalue weighted by Gasteiger charge is 2.23. The van der Waals surface area contributed by atoms with Gasteiger partial charge < -0.3 is 10.0 Å². The number of hydrogen-bond acceptors (Lipinski definition) is 5. The minimum Gasteiger partial charge on any atom is -0.481 e. The molecule has 6 nitrogen and oxygen atoms in total. The van der Waals surface area contributed by atoms with Gasteiger partial charge in [0.05, 0.1) is 24.3 Å². The van der Waals surface area contributed by atoms with Gasteiger partial charge in [0.25, 0.3) is 5.91 Å². The molecule has 0 aliphatic rings. The number of nitrogens with zero attached hydrogens (tertiary/aromatic N) is 3. The van der Waals surface area contributed by atoms with Crippen molar-refractivity contribution in [2.75, 3.05) is 6.54 Å². The molecule has 0 saturated carbocycles. The van der Waals surface area contributed by atoms with E-state index in [9.17, 15) is 9.59 Å². The number of carbonyl (C=O) groups excluding carboxylic acids is 1. The third kappa shape index (κ3) is 2.99. The molecule has 0 bridgehead atoms. The quantitative estimate of drug-likeness (QED) is 0.829. The SMILES string of the molecule is CCN(C(=O)c1cnsn1)C(C)CC(=O)O. The Morgan fingerprint density at radius 3 is 2.75 bits per heavy atom. The molecule has 7 heteroatoms. The van der Waals surface area contributed by atoms with Gasteiger partial charge in [-0.1, -0.05) is 0 Å². The molecule has 0 aliphatic heterocycles. The van der Waals surface area contributed by atoms with E-state index in [0.717, 1.165) is 11.7 Å². The fraction of sp³-hybridized carbons (Fsp3) is 0.556. The summed E-state index contributed by atoms with van der Waals surface area (Å²) in [4.78, 5) is 23.9. The van der Waals surface area contributed by atoms with E-state index < -0.39 is 5.97 Å². The predicted octanol–water partition coefficient (Wildman–Crippen LogP) is 0.863. The van der Waals surface area contributed by atoms with Gasteiger partial charge in [0.15, 0.2) is 5.69 Å². The molecule has 1 rings (SSSR count). The Bertz CT molecular complexity index is 366. The Morgan fingerprint density at radius 1 is 1.62 bits per heavy atom. The van der Waals surface area contributed by atoms with Crippen LogP contribution >= 0.6 is 11.7 Å². The molecular weight excluding hydrogens is 230 g/mol. The molecule has 1 aromatic heterocycles. The van der Waals surface area contributed by atoms with Crippen LogP contribution in [-0.2, 0) is 4.79 Å². The van der Waals surface area contributed by atoms with Crippen LogP contribution in [0.2, 0.25) is 0 Å². The fourth-order valence-electron chi connectivity index (χ4n) is 1.42. The van der Waals surface area contributed by atoms with Gasteiger partial charge in [-0.3, -0.25) is 9.59 Å². The normalized spacial score (nSPS) is 12.1. The highest BCUT2D eigenvalue weighted by molar-refractivity contribution is 6.99. The van der Waals surface area contributed by atoms with Crippen LogP contribution in [0.5, 0.6) is 0 Å². The number of aromatic nitrogens is 2. The van der Waals surface area contributed by atoms with Crippen LogP contribution in [0.1, 0.15) is 30.8 Å². The van der Waals surface area contributed by atoms with Crippen LogP contribution < -0.4 is 0 Å². The second kappa shape index (κ2) is 5.55. The molecule has 1 unspecified atom stereocenters. The molecule has 1 aromatic rings. The largest absolute Gasteiger partial charge is 0.481 e. The Labute approximate surface area is 97.2 Å². The summed E-state index contributed by atoms with van der Waals surface area (Å²) in [5.41, 5.74) is 0.268. The summed E-state index contributed by atoms with van der Waals surface area (Å²) in [7, 11) is 0. The maximum atomic E-state index is 11.9. The molecule has 0 saturated heterocycles. The van der Waals surface area contributed by atoms with E-state index in [1.54, 1.807) is 13.8 Å². The molecular formula is C9H13N3O3S. The topological polar surface area (TPSA) is 83.4 Å². The van der Waals surface area contributed by atoms with E-state index in [1.165, 1.54) is 11.1 Å². The molecule has 16 heavy (non-hydrogen) atoms. The lowest BCUT2D eigenvalue weighted by Gasteiger charge is -2.25. The van der Waals surface area contributed by atoms with Crippen molar-refractivity contribution in [1.29, 1.82) is 0 Å². The summed E-state index contributed by atoms with van der Waals surface area (Å²) in [5.74, 6) is -1.19. The van der Waals surface area contributed by atoms with E-state index in [1.807, 2.05) is 0 Å². The number of rotatable bonds is 5. The molecule has 1 amide bonds. The lowest BCUT2D eigenvalue weighted by atomic mass is 10.2. The first kappa shape index (κ1) is 12.6. The summed E-state index contributed by atoms with van der Waals surface area (Å²) in [6.45, 7) is 3.95. The van der Waals surface area contributed by atoms with Gasteiger partial charge >= 0.3 is 5.97 Å². The van der Waals surface area contributed by atoms with Gasteiger partial charge in [0.1, 0.15) is 0 Å². The standard InChI is InChI=1S/C9H13N3O3S/c1-3-12(6(2)4-8(13)14)9(15)7-5-10-16-11-7/h5-6H,3-4H2,1-2H3,(H,13,14). The number of aliphatic carboxylic acids is 1. The highest BCUT2D eigenvalue weighted by Crippen LogP contribution is 2.09. The molecule has 0 radical (unpaired) electrons. The second-order valence-electron chi connectivity index (χ2n) is 3.33. The van der Waals surface area contributed by atoms with E-state index >= 15 is 0 Å². The molecule has 0 aromatic carbocycles. The number of amides is 1. The molecule has 1 heterocycles. The zero-order valence-electron chi connectivity index (χ0n) is 9.08. The molecule has 0 aliphatic carbocycles. The van der Waals surface area contributed by atoms with Gasteiger partial charge in [-0.2, -0.15) is 8.75 Å². The minimum absolute atomic E-state index is 0.0723. The van der Waals surface area contributed by atoms with Crippen LogP contribution in [0.3, 0.4) is 0 Å². The summed E-state index contributed by atoms with van der Waals surface area (Å²) in [6, 6.07) is -0.350. The van der Waals surface area contributed by atoms with Crippen LogP contribution in [0.4, 0.5) is 0 Å². The van der Waals surface area contributed by atoms with Crippen molar-refractivity contribution in [3.8, 4) is 0 Å². The van der Waals surface area contributed by atoms with E-state index in [0.29, 0.717) is 6.54 Å². The lowest BCUT2D eigenvalue weighted by molar-refractivity contribution is -0.138. The zero-order chi connectivity index (χ0) is 12.1. The van der Waals surface area contributed by atoms with Crippen LogP contribution in [-0.4, -0.2) is 43.2 Å². The van der Waals surface area contributed by atoms with Crippen LogP contribution in [0, 0.1) is 0 Å². The monoisotopic (exact) mass is 243 g/mol. The molecule has 1 N–H and O–H groups in total. The molecule has 88 valence electrons. The predicted molar refractivity (Wildman–Crippen MR) is 58.3 cm³/mol. The first-order chi connectivity index (χ1) is 7.56. The van der Waals surface area contributed by atoms with Gasteiger partial charge in [0, 0.05) is 12.6 Å². The van der Waals surface area contributed by atoms with Crippen molar-refractivity contribution in [2.24, 2.45) is 0 Å². The number of carboxylic acids is 1. The summed E-state index contributed by atoms with van der Waals surface area (Å²) < 4.78 is 7.59. The Hall–Kier alpha value is -1.50. The average molecular weight is 243 g/mol. The zero-order valence-corrected chi connectivity index (χ0v) is 9.90. The molecule has 0 spiro atoms. The lowest BCUT2D eigenvalue weighted by Crippen LogP contribution is -2.39. The van der Waals surface area contributed by atoms with Gasteiger partial charge in [0.2, 0.25) is 0 Å². The van der Waals surface area contributed by atoms with E-state index in [4.69, 9.17) is 5.11 Å². The third-order valence-corrected chi connectivity index (χ3v) is 2.66. The van der Waals surface area contributed by atoms with Crippen molar-refractivity contribution < 1.29 is 14.7 Å². The van der Waals surface area contributed by atoms with Crippen molar-refractivity contribution in [3.63, 3.8) is 0 Å². The number of carbonyl (C=O) groups is 2. The first-order valence-electron chi connectivity index (χ1n) is 4.86. The van der Waals surface area contributed by atoms with Crippen LogP contribution in [0.15, 0.2) is 6.20 Å². The summed E-state index contributed by atoms with van der Waals surface area (Å²) in [6.07, 6.45) is 1.32. The fourth-order valence-corrected chi connectivity index (χ4v) is 1.83. The van der Waals surface area contributed by atoms with Gasteiger partial charge in [-0.05, 0) is 13.8 Å². The molecule has 0 fully saturated rings. The maximum absolute atomic E-state index is 11.9. The Balaban J connectivity index is 2.74. The van der Waals surface area contributed by atoms with E-state index in [2.05, 4.69) is 8.75 Å². The summed E-state index contributed by atoms with van der Waals surface area (Å²) >= 11 is 0.958. The van der Waals surface area contributed by atoms with Crippen LogP contribution in [0.25, 0.3) is 0 Å². The smallest absolute Gasteiger partial charge is 0.305 e. The summed E-state index contributed by atoms with van der Waals surface area (Å²) in [5, 5.41) is 8.68. The Kier molecular flexibility index (Phi) is 4.36. The minimum atomic E-state index is -0.921. The second-order valence-corrected chi connectivity index (χ2v) is 3.89. The number of carboxylic acid groups (broad SMARTS) is 1. The first-order valence-corrected chi connectivity index (χ1v) is 5.59. The highest BCUT2D eigenvalue weighted by atomic mass is 32.1. The van der Waals surface area contributed by atoms with Crippen molar-refractivity contribution in [3.05, 3.63) is 11.9 Å². The average Bonchev–Trinajstić information content (AvgIpc) is 2.69. The van der Waals surface area contributed by atoms with Crippen molar-refractivity contribution >= 4 is 23.6 Å². The van der Waals surface area contributed by atoms with Crippen molar-refractivity contribution in [2.45, 2.75) is 26.3 Å². The van der Waals surface area contributed by atoms with Crippen molar-refractivity contribution in [1.82, 2.24) is 13.6 Å². The number of hydrogen-bond donors (Lipinski definition) is 1.